The van der Waals surface area contributed by atoms with Crippen molar-refractivity contribution in [1.29, 1.82) is 0 Å². The highest BCUT2D eigenvalue weighted by molar-refractivity contribution is 7.19. The zero-order valence-corrected chi connectivity index (χ0v) is 13.5. The van der Waals surface area contributed by atoms with Gasteiger partial charge in [0.15, 0.2) is 11.0 Å². The minimum atomic E-state index is -0.350. The van der Waals surface area contributed by atoms with E-state index in [1.807, 2.05) is 24.7 Å². The fourth-order valence-corrected chi connectivity index (χ4v) is 3.26. The van der Waals surface area contributed by atoms with E-state index in [9.17, 15) is 9.18 Å². The van der Waals surface area contributed by atoms with Crippen molar-refractivity contribution in [2.45, 2.75) is 13.3 Å². The zero-order chi connectivity index (χ0) is 16.4. The first-order valence-corrected chi connectivity index (χ1v) is 7.84. The van der Waals surface area contributed by atoms with Crippen LogP contribution in [0.1, 0.15) is 11.3 Å². The number of anilines is 1. The van der Waals surface area contributed by atoms with E-state index in [2.05, 4.69) is 15.3 Å². The van der Waals surface area contributed by atoms with E-state index in [0.29, 0.717) is 10.7 Å². The number of carbonyl (C=O) groups excluding carboxylic acids is 1. The molecule has 0 radical (unpaired) electrons. The molecule has 0 bridgehead atoms. The molecule has 0 saturated heterocycles. The number of amides is 1. The normalized spacial score (nSPS) is 10.7. The van der Waals surface area contributed by atoms with E-state index in [1.54, 1.807) is 18.3 Å². The van der Waals surface area contributed by atoms with Crippen molar-refractivity contribution in [1.82, 2.24) is 14.5 Å². The third-order valence-corrected chi connectivity index (χ3v) is 4.39. The summed E-state index contributed by atoms with van der Waals surface area (Å²) in [5.41, 5.74) is 1.44. The zero-order valence-electron chi connectivity index (χ0n) is 12.7. The average Bonchev–Trinajstić information content (AvgIpc) is 3.04. The fourth-order valence-electron chi connectivity index (χ4n) is 2.24. The topological polar surface area (TPSA) is 59.8 Å². The Hall–Kier alpha value is -2.54. The molecule has 1 aromatic carbocycles. The van der Waals surface area contributed by atoms with Gasteiger partial charge >= 0.3 is 0 Å². The van der Waals surface area contributed by atoms with Gasteiger partial charge < -0.3 is 9.88 Å². The van der Waals surface area contributed by atoms with Crippen molar-refractivity contribution in [3.05, 3.63) is 53.7 Å². The summed E-state index contributed by atoms with van der Waals surface area (Å²) in [5, 5.41) is 3.28. The first-order chi connectivity index (χ1) is 11.0. The molecule has 7 heteroatoms. The summed E-state index contributed by atoms with van der Waals surface area (Å²) >= 11 is 1.37. The smallest absolute Gasteiger partial charge is 0.230 e. The third kappa shape index (κ3) is 3.45. The van der Waals surface area contributed by atoms with Crippen molar-refractivity contribution in [3.8, 4) is 10.7 Å². The van der Waals surface area contributed by atoms with E-state index >= 15 is 0 Å². The highest BCUT2D eigenvalue weighted by Crippen LogP contribution is 2.31. The Kier molecular flexibility index (Phi) is 4.20. The molecule has 2 aromatic heterocycles. The number of nitrogens with zero attached hydrogens (tertiary/aromatic N) is 3. The van der Waals surface area contributed by atoms with Crippen LogP contribution in [0, 0.1) is 12.7 Å². The second-order valence-electron chi connectivity index (χ2n) is 5.15. The van der Waals surface area contributed by atoms with Gasteiger partial charge in [0, 0.05) is 19.4 Å². The second-order valence-corrected chi connectivity index (χ2v) is 6.15. The third-order valence-electron chi connectivity index (χ3n) is 3.32. The highest BCUT2D eigenvalue weighted by atomic mass is 32.1. The molecular formula is C16H15FN4OS. The van der Waals surface area contributed by atoms with Crippen LogP contribution in [0.15, 0.2) is 36.7 Å². The number of aryl methyl sites for hydroxylation is 2. The summed E-state index contributed by atoms with van der Waals surface area (Å²) in [6.07, 6.45) is 3.68. The standard InChI is InChI=1S/C16H15FN4OS/c1-10-14(15-18-6-7-21(15)2)23-16(19-10)20-13(22)9-11-4-3-5-12(17)8-11/h3-8H,9H2,1-2H3,(H,19,20,22). The van der Waals surface area contributed by atoms with Gasteiger partial charge in [-0.15, -0.1) is 0 Å². The molecule has 1 N–H and O–H groups in total. The lowest BCUT2D eigenvalue weighted by atomic mass is 10.1. The van der Waals surface area contributed by atoms with Crippen molar-refractivity contribution < 1.29 is 9.18 Å². The summed E-state index contributed by atoms with van der Waals surface area (Å²) < 4.78 is 15.0. The van der Waals surface area contributed by atoms with Crippen LogP contribution in [-0.2, 0) is 18.3 Å². The molecule has 1 amide bonds. The van der Waals surface area contributed by atoms with Crippen LogP contribution >= 0.6 is 11.3 Å². The first-order valence-electron chi connectivity index (χ1n) is 7.02. The number of rotatable bonds is 4. The largest absolute Gasteiger partial charge is 0.333 e. The molecule has 0 unspecified atom stereocenters. The molecule has 3 rings (SSSR count). The predicted molar refractivity (Wildman–Crippen MR) is 87.8 cm³/mol. The van der Waals surface area contributed by atoms with Crippen LogP contribution in [0.25, 0.3) is 10.7 Å². The number of imidazole rings is 1. The minimum Gasteiger partial charge on any atom is -0.333 e. The molecule has 2 heterocycles. The van der Waals surface area contributed by atoms with Crippen molar-refractivity contribution in [2.75, 3.05) is 5.32 Å². The molecule has 0 atom stereocenters. The molecule has 3 aromatic rings. The number of halogens is 1. The molecule has 5 nitrogen and oxygen atoms in total. The number of nitrogens with one attached hydrogen (secondary N) is 1. The number of benzene rings is 1. The Bertz CT molecular complexity index is 855. The van der Waals surface area contributed by atoms with Crippen LogP contribution in [-0.4, -0.2) is 20.4 Å². The Balaban J connectivity index is 1.73. The van der Waals surface area contributed by atoms with Gasteiger partial charge in [-0.2, -0.15) is 0 Å². The number of thiazole rings is 1. The minimum absolute atomic E-state index is 0.105. The number of carbonyl (C=O) groups is 1. The molecule has 0 saturated carbocycles. The Morgan fingerprint density at radius 2 is 2.26 bits per heavy atom. The maximum absolute atomic E-state index is 13.1. The molecule has 0 aliphatic rings. The molecule has 0 aliphatic carbocycles. The van der Waals surface area contributed by atoms with Gasteiger partial charge in [0.05, 0.1) is 17.0 Å². The van der Waals surface area contributed by atoms with Gasteiger partial charge in [0.1, 0.15) is 5.82 Å². The predicted octanol–water partition coefficient (Wildman–Crippen LogP) is 3.17. The fraction of sp³-hybridized carbons (Fsp3) is 0.188. The summed E-state index contributed by atoms with van der Waals surface area (Å²) in [5.74, 6) is 0.235. The van der Waals surface area contributed by atoms with Gasteiger partial charge in [-0.3, -0.25) is 4.79 Å². The molecule has 23 heavy (non-hydrogen) atoms. The Morgan fingerprint density at radius 3 is 2.96 bits per heavy atom. The van der Waals surface area contributed by atoms with Crippen LogP contribution in [0.3, 0.4) is 0 Å². The van der Waals surface area contributed by atoms with Crippen LogP contribution in [0.2, 0.25) is 0 Å². The van der Waals surface area contributed by atoms with E-state index in [0.717, 1.165) is 16.4 Å². The molecule has 0 fully saturated rings. The summed E-state index contributed by atoms with van der Waals surface area (Å²) in [7, 11) is 1.91. The molecular weight excluding hydrogens is 315 g/mol. The Labute approximate surface area is 136 Å². The van der Waals surface area contributed by atoms with Crippen molar-refractivity contribution >= 4 is 22.4 Å². The lowest BCUT2D eigenvalue weighted by Crippen LogP contribution is -2.14. The van der Waals surface area contributed by atoms with Gasteiger partial charge in [-0.05, 0) is 24.6 Å². The van der Waals surface area contributed by atoms with E-state index < -0.39 is 0 Å². The van der Waals surface area contributed by atoms with E-state index in [-0.39, 0.29) is 18.1 Å². The summed E-state index contributed by atoms with van der Waals surface area (Å²) in [6, 6.07) is 6.01. The number of hydrogen-bond donors (Lipinski definition) is 1. The van der Waals surface area contributed by atoms with Gasteiger partial charge in [0.2, 0.25) is 5.91 Å². The highest BCUT2D eigenvalue weighted by Gasteiger charge is 2.15. The maximum atomic E-state index is 13.1. The van der Waals surface area contributed by atoms with Crippen molar-refractivity contribution in [2.24, 2.45) is 7.05 Å². The van der Waals surface area contributed by atoms with E-state index in [1.165, 1.54) is 23.5 Å². The van der Waals surface area contributed by atoms with Crippen LogP contribution in [0.4, 0.5) is 9.52 Å². The van der Waals surface area contributed by atoms with E-state index in [4.69, 9.17) is 0 Å². The lowest BCUT2D eigenvalue weighted by Gasteiger charge is -2.02. The monoisotopic (exact) mass is 330 g/mol. The van der Waals surface area contributed by atoms with Gasteiger partial charge in [-0.1, -0.05) is 23.5 Å². The molecule has 0 spiro atoms. The van der Waals surface area contributed by atoms with Gasteiger partial charge in [0.25, 0.3) is 0 Å². The second kappa shape index (κ2) is 6.29. The average molecular weight is 330 g/mol. The quantitative estimate of drug-likeness (QED) is 0.799. The van der Waals surface area contributed by atoms with Crippen LogP contribution < -0.4 is 5.32 Å². The first kappa shape index (κ1) is 15.4. The summed E-state index contributed by atoms with van der Waals surface area (Å²) in [6.45, 7) is 1.88. The lowest BCUT2D eigenvalue weighted by molar-refractivity contribution is -0.115. The van der Waals surface area contributed by atoms with Crippen LogP contribution in [0.5, 0.6) is 0 Å². The number of aromatic nitrogens is 3. The van der Waals surface area contributed by atoms with Gasteiger partial charge in [-0.25, -0.2) is 14.4 Å². The number of hydrogen-bond acceptors (Lipinski definition) is 4. The van der Waals surface area contributed by atoms with Crippen molar-refractivity contribution in [3.63, 3.8) is 0 Å². The maximum Gasteiger partial charge on any atom is 0.230 e. The Morgan fingerprint density at radius 1 is 1.43 bits per heavy atom. The molecule has 0 aliphatic heterocycles. The summed E-state index contributed by atoms with van der Waals surface area (Å²) in [4.78, 5) is 21.7. The molecule has 118 valence electrons. The SMILES string of the molecule is Cc1nc(NC(=O)Cc2cccc(F)c2)sc1-c1nccn1C.